The van der Waals surface area contributed by atoms with Crippen LogP contribution in [0.2, 0.25) is 0 Å². The van der Waals surface area contributed by atoms with E-state index < -0.39 is 0 Å². The van der Waals surface area contributed by atoms with Crippen LogP contribution in [0, 0.1) is 18.8 Å². The van der Waals surface area contributed by atoms with Crippen molar-refractivity contribution < 1.29 is 18.8 Å². The molecule has 0 aliphatic heterocycles. The second-order valence-corrected chi connectivity index (χ2v) is 9.33. The standard InChI is InChI=1S/C22H29N5O4/c1-12-6-17(31-27-12)10-21(28)24-20-11-19(25-26-20)15-4-5-16(9-15)30-22(29)23-18-8-13-2-3-14(18)7-13/h6,11,13-16,18H,2-5,7-10H2,1H3,(H,23,29)(H2,24,25,26,28). The number of carbonyl (C=O) groups excluding carboxylic acids is 2. The third-order valence-electron chi connectivity index (χ3n) is 7.02. The number of aryl methyl sites for hydroxylation is 1. The monoisotopic (exact) mass is 427 g/mol. The summed E-state index contributed by atoms with van der Waals surface area (Å²) in [6.07, 6.45) is 7.17. The topological polar surface area (TPSA) is 122 Å². The van der Waals surface area contributed by atoms with Crippen LogP contribution in [0.5, 0.6) is 0 Å². The highest BCUT2D eigenvalue weighted by Crippen LogP contribution is 2.44. The summed E-state index contributed by atoms with van der Waals surface area (Å²) < 4.78 is 10.8. The quantitative estimate of drug-likeness (QED) is 0.649. The molecule has 9 nitrogen and oxygen atoms in total. The van der Waals surface area contributed by atoms with Crippen LogP contribution in [0.25, 0.3) is 0 Å². The molecule has 5 atom stereocenters. The van der Waals surface area contributed by atoms with Crippen LogP contribution in [0.3, 0.4) is 0 Å². The minimum Gasteiger partial charge on any atom is -0.446 e. The van der Waals surface area contributed by atoms with Crippen molar-refractivity contribution in [1.29, 1.82) is 0 Å². The van der Waals surface area contributed by atoms with Crippen molar-refractivity contribution in [2.24, 2.45) is 11.8 Å². The highest BCUT2D eigenvalue weighted by atomic mass is 16.6. The number of ether oxygens (including phenoxy) is 1. The van der Waals surface area contributed by atoms with Gasteiger partial charge in [-0.2, -0.15) is 5.10 Å². The maximum Gasteiger partial charge on any atom is 0.407 e. The lowest BCUT2D eigenvalue weighted by molar-refractivity contribution is -0.115. The minimum absolute atomic E-state index is 0.0837. The number of hydrogen-bond donors (Lipinski definition) is 3. The van der Waals surface area contributed by atoms with Gasteiger partial charge in [-0.05, 0) is 57.3 Å². The molecule has 0 aromatic carbocycles. The van der Waals surface area contributed by atoms with Gasteiger partial charge in [-0.15, -0.1) is 0 Å². The molecule has 3 aliphatic rings. The molecule has 0 spiro atoms. The van der Waals surface area contributed by atoms with Crippen LogP contribution in [-0.2, 0) is 16.0 Å². The van der Waals surface area contributed by atoms with Crippen LogP contribution >= 0.6 is 0 Å². The van der Waals surface area contributed by atoms with Gasteiger partial charge in [0.1, 0.15) is 11.9 Å². The summed E-state index contributed by atoms with van der Waals surface area (Å²) in [5.74, 6) is 2.45. The van der Waals surface area contributed by atoms with Crippen LogP contribution in [0.4, 0.5) is 10.6 Å². The molecule has 3 saturated carbocycles. The molecule has 0 radical (unpaired) electrons. The Hall–Kier alpha value is -2.84. The number of nitrogens with one attached hydrogen (secondary N) is 3. The van der Waals surface area contributed by atoms with Crippen molar-refractivity contribution in [2.45, 2.75) is 76.4 Å². The van der Waals surface area contributed by atoms with E-state index in [1.807, 2.05) is 13.0 Å². The van der Waals surface area contributed by atoms with Gasteiger partial charge in [-0.1, -0.05) is 11.6 Å². The molecule has 5 unspecified atom stereocenters. The fraction of sp³-hybridized carbons (Fsp3) is 0.636. The van der Waals surface area contributed by atoms with E-state index in [1.54, 1.807) is 6.07 Å². The number of alkyl carbamates (subject to hydrolysis) is 1. The Labute approximate surface area is 180 Å². The number of rotatable bonds is 6. The first kappa shape index (κ1) is 20.1. The van der Waals surface area contributed by atoms with E-state index in [2.05, 4.69) is 26.0 Å². The molecule has 2 aromatic rings. The third kappa shape index (κ3) is 4.60. The average Bonchev–Trinajstić information content (AvgIpc) is 3.51. The molecule has 31 heavy (non-hydrogen) atoms. The summed E-state index contributed by atoms with van der Waals surface area (Å²) in [7, 11) is 0. The predicted molar refractivity (Wildman–Crippen MR) is 111 cm³/mol. The first-order valence-electron chi connectivity index (χ1n) is 11.3. The zero-order chi connectivity index (χ0) is 21.4. The Balaban J connectivity index is 1.08. The molecule has 3 aliphatic carbocycles. The number of anilines is 1. The van der Waals surface area contributed by atoms with E-state index in [1.165, 1.54) is 19.3 Å². The summed E-state index contributed by atoms with van der Waals surface area (Å²) in [5, 5.41) is 16.9. The number of aromatic nitrogens is 3. The van der Waals surface area contributed by atoms with E-state index in [-0.39, 0.29) is 30.4 Å². The van der Waals surface area contributed by atoms with Gasteiger partial charge in [0.05, 0.1) is 12.1 Å². The predicted octanol–water partition coefficient (Wildman–Crippen LogP) is 3.44. The lowest BCUT2D eigenvalue weighted by atomic mass is 9.96. The van der Waals surface area contributed by atoms with Crippen molar-refractivity contribution >= 4 is 17.8 Å². The molecule has 5 rings (SSSR count). The lowest BCUT2D eigenvalue weighted by Crippen LogP contribution is -2.40. The molecule has 9 heteroatoms. The highest BCUT2D eigenvalue weighted by Gasteiger charge is 2.40. The van der Waals surface area contributed by atoms with Gasteiger partial charge in [-0.25, -0.2) is 4.79 Å². The van der Waals surface area contributed by atoms with Crippen LogP contribution < -0.4 is 10.6 Å². The van der Waals surface area contributed by atoms with E-state index in [4.69, 9.17) is 9.26 Å². The Morgan fingerprint density at radius 1 is 1.19 bits per heavy atom. The number of H-pyrrole nitrogens is 1. The zero-order valence-corrected chi connectivity index (χ0v) is 17.7. The normalized spacial score (nSPS) is 29.3. The molecule has 2 amide bonds. The summed E-state index contributed by atoms with van der Waals surface area (Å²) in [6.45, 7) is 1.81. The number of hydrogen-bond acceptors (Lipinski definition) is 6. The Kier molecular flexibility index (Phi) is 5.41. The number of aromatic amines is 1. The second-order valence-electron chi connectivity index (χ2n) is 9.33. The molecular weight excluding hydrogens is 398 g/mol. The maximum atomic E-state index is 12.3. The van der Waals surface area contributed by atoms with E-state index >= 15 is 0 Å². The summed E-state index contributed by atoms with van der Waals surface area (Å²) in [4.78, 5) is 24.5. The average molecular weight is 428 g/mol. The lowest BCUT2D eigenvalue weighted by Gasteiger charge is -2.23. The fourth-order valence-electron chi connectivity index (χ4n) is 5.54. The number of carbonyl (C=O) groups is 2. The largest absolute Gasteiger partial charge is 0.446 e. The van der Waals surface area contributed by atoms with Gasteiger partial charge in [0.15, 0.2) is 5.82 Å². The summed E-state index contributed by atoms with van der Waals surface area (Å²) in [6, 6.07) is 3.89. The summed E-state index contributed by atoms with van der Waals surface area (Å²) in [5.41, 5.74) is 1.69. The van der Waals surface area contributed by atoms with Crippen molar-refractivity contribution in [3.8, 4) is 0 Å². The third-order valence-corrected chi connectivity index (χ3v) is 7.02. The van der Waals surface area contributed by atoms with E-state index in [9.17, 15) is 9.59 Å². The number of nitrogens with zero attached hydrogens (tertiary/aromatic N) is 2. The molecular formula is C22H29N5O4. The Bertz CT molecular complexity index is 953. The Morgan fingerprint density at radius 2 is 2.10 bits per heavy atom. The zero-order valence-electron chi connectivity index (χ0n) is 17.7. The molecule has 2 bridgehead atoms. The van der Waals surface area contributed by atoms with Gasteiger partial charge in [-0.3, -0.25) is 9.89 Å². The smallest absolute Gasteiger partial charge is 0.407 e. The molecule has 3 N–H and O–H groups in total. The highest BCUT2D eigenvalue weighted by molar-refractivity contribution is 5.91. The van der Waals surface area contributed by atoms with Crippen molar-refractivity contribution in [1.82, 2.24) is 20.7 Å². The maximum absolute atomic E-state index is 12.3. The van der Waals surface area contributed by atoms with Crippen LogP contribution in [-0.4, -0.2) is 39.5 Å². The molecule has 2 aromatic heterocycles. The van der Waals surface area contributed by atoms with Crippen molar-refractivity contribution in [2.75, 3.05) is 5.32 Å². The second kappa shape index (κ2) is 8.36. The molecule has 3 fully saturated rings. The SMILES string of the molecule is Cc1cc(CC(=O)Nc2cc(C3CCC(OC(=O)NC4CC5CCC4C5)C3)[nH]n2)on1. The molecule has 166 valence electrons. The number of amides is 2. The van der Waals surface area contributed by atoms with Crippen LogP contribution in [0.1, 0.15) is 68.0 Å². The van der Waals surface area contributed by atoms with E-state index in [0.29, 0.717) is 23.5 Å². The van der Waals surface area contributed by atoms with Gasteiger partial charge in [0, 0.05) is 29.8 Å². The summed E-state index contributed by atoms with van der Waals surface area (Å²) >= 11 is 0. The molecule has 0 saturated heterocycles. The number of fused-ring (bicyclic) bond motifs is 2. The van der Waals surface area contributed by atoms with Gasteiger partial charge in [0.2, 0.25) is 5.91 Å². The van der Waals surface area contributed by atoms with Gasteiger partial charge >= 0.3 is 6.09 Å². The fourth-order valence-corrected chi connectivity index (χ4v) is 5.54. The van der Waals surface area contributed by atoms with Crippen LogP contribution in [0.15, 0.2) is 16.7 Å². The van der Waals surface area contributed by atoms with Crippen molar-refractivity contribution in [3.63, 3.8) is 0 Å². The minimum atomic E-state index is -0.275. The van der Waals surface area contributed by atoms with Crippen molar-refractivity contribution in [3.05, 3.63) is 29.3 Å². The Morgan fingerprint density at radius 3 is 2.84 bits per heavy atom. The van der Waals surface area contributed by atoms with Gasteiger partial charge in [0.25, 0.3) is 0 Å². The first-order valence-corrected chi connectivity index (χ1v) is 11.3. The van der Waals surface area contributed by atoms with E-state index in [0.717, 1.165) is 43.0 Å². The van der Waals surface area contributed by atoms with Gasteiger partial charge < -0.3 is 19.9 Å². The molecule has 2 heterocycles. The first-order chi connectivity index (χ1) is 15.0.